The van der Waals surface area contributed by atoms with E-state index in [-0.39, 0.29) is 11.6 Å². The van der Waals surface area contributed by atoms with Crippen molar-refractivity contribution in [1.82, 2.24) is 0 Å². The number of halogens is 3. The van der Waals surface area contributed by atoms with Crippen LogP contribution in [0.4, 0.5) is 35.0 Å². The number of fused-ring (bicyclic) bond motifs is 1. The molecule has 2 aromatic carbocycles. The molecule has 0 saturated carbocycles. The predicted molar refractivity (Wildman–Crippen MR) is 106 cm³/mol. The summed E-state index contributed by atoms with van der Waals surface area (Å²) in [7, 11) is 0. The van der Waals surface area contributed by atoms with Gasteiger partial charge in [-0.15, -0.1) is 0 Å². The van der Waals surface area contributed by atoms with Crippen molar-refractivity contribution in [3.05, 3.63) is 53.6 Å². The van der Waals surface area contributed by atoms with E-state index in [1.165, 1.54) is 12.1 Å². The van der Waals surface area contributed by atoms with Gasteiger partial charge in [0.1, 0.15) is 0 Å². The van der Waals surface area contributed by atoms with Gasteiger partial charge in [-0.3, -0.25) is 4.79 Å². The third-order valence-electron chi connectivity index (χ3n) is 4.57. The Morgan fingerprint density at radius 2 is 1.62 bits per heavy atom. The number of alkyl halides is 3. The highest BCUT2D eigenvalue weighted by Gasteiger charge is 2.33. The number of nitrogens with one attached hydrogen (secondary N) is 2. The van der Waals surface area contributed by atoms with Crippen molar-refractivity contribution in [2.45, 2.75) is 33.4 Å². The summed E-state index contributed by atoms with van der Waals surface area (Å²) < 4.78 is 38.4. The van der Waals surface area contributed by atoms with Crippen LogP contribution in [0.3, 0.4) is 0 Å². The standard InChI is InChI=1S/C21H22F3N3O2/c1-20(2,3)18(28)27-10-9-13-7-8-16(12-17(13)27)26-19(29)25-15-6-4-5-14(11-15)21(22,23)24/h4-8,11-12H,9-10H2,1-3H3,(H2,25,26,29). The molecule has 1 aliphatic heterocycles. The summed E-state index contributed by atoms with van der Waals surface area (Å²) in [5, 5.41) is 5.01. The van der Waals surface area contributed by atoms with E-state index >= 15 is 0 Å². The predicted octanol–water partition coefficient (Wildman–Crippen LogP) is 5.28. The molecule has 0 radical (unpaired) electrons. The van der Waals surface area contributed by atoms with Gasteiger partial charge in [0, 0.05) is 29.0 Å². The molecule has 3 amide bonds. The van der Waals surface area contributed by atoms with Crippen LogP contribution in [0.5, 0.6) is 0 Å². The van der Waals surface area contributed by atoms with Crippen molar-refractivity contribution in [2.24, 2.45) is 5.41 Å². The number of carbonyl (C=O) groups is 2. The van der Waals surface area contributed by atoms with Crippen LogP contribution in [-0.2, 0) is 17.4 Å². The lowest BCUT2D eigenvalue weighted by Crippen LogP contribution is -2.38. The zero-order valence-corrected chi connectivity index (χ0v) is 16.4. The Hall–Kier alpha value is -3.03. The van der Waals surface area contributed by atoms with Crippen LogP contribution >= 0.6 is 0 Å². The Morgan fingerprint density at radius 3 is 2.24 bits per heavy atom. The molecule has 2 aromatic rings. The zero-order chi connectivity index (χ0) is 21.4. The molecular weight excluding hydrogens is 383 g/mol. The van der Waals surface area contributed by atoms with Crippen molar-refractivity contribution < 1.29 is 22.8 Å². The lowest BCUT2D eigenvalue weighted by atomic mass is 9.94. The van der Waals surface area contributed by atoms with Gasteiger partial charge in [-0.25, -0.2) is 4.79 Å². The number of urea groups is 1. The lowest BCUT2D eigenvalue weighted by Gasteiger charge is -2.26. The number of nitrogens with zero attached hydrogens (tertiary/aromatic N) is 1. The number of benzene rings is 2. The maximum absolute atomic E-state index is 12.8. The summed E-state index contributed by atoms with van der Waals surface area (Å²) in [4.78, 5) is 26.6. The molecule has 2 N–H and O–H groups in total. The summed E-state index contributed by atoms with van der Waals surface area (Å²) in [5.74, 6) is -0.0122. The number of rotatable bonds is 2. The minimum absolute atomic E-state index is 0.0122. The third-order valence-corrected chi connectivity index (χ3v) is 4.57. The van der Waals surface area contributed by atoms with Crippen molar-refractivity contribution in [3.8, 4) is 0 Å². The quantitative estimate of drug-likeness (QED) is 0.714. The Bertz CT molecular complexity index is 949. The van der Waals surface area contributed by atoms with Crippen molar-refractivity contribution in [3.63, 3.8) is 0 Å². The maximum atomic E-state index is 12.8. The number of hydrogen-bond acceptors (Lipinski definition) is 2. The van der Waals surface area contributed by atoms with Gasteiger partial charge in [0.2, 0.25) is 5.91 Å². The second-order valence-corrected chi connectivity index (χ2v) is 7.96. The van der Waals surface area contributed by atoms with E-state index in [0.29, 0.717) is 12.2 Å². The highest BCUT2D eigenvalue weighted by molar-refractivity contribution is 6.02. The number of anilines is 3. The molecule has 0 spiro atoms. The van der Waals surface area contributed by atoms with Gasteiger partial charge in [0.25, 0.3) is 0 Å². The molecule has 0 unspecified atom stereocenters. The highest BCUT2D eigenvalue weighted by Crippen LogP contribution is 2.34. The summed E-state index contributed by atoms with van der Waals surface area (Å²) in [6.07, 6.45) is -3.76. The van der Waals surface area contributed by atoms with Gasteiger partial charge < -0.3 is 15.5 Å². The van der Waals surface area contributed by atoms with Crippen LogP contribution in [0.25, 0.3) is 0 Å². The smallest absolute Gasteiger partial charge is 0.311 e. The first-order valence-corrected chi connectivity index (χ1v) is 9.15. The summed E-state index contributed by atoms with van der Waals surface area (Å²) in [5.41, 5.74) is 0.841. The second-order valence-electron chi connectivity index (χ2n) is 7.96. The molecule has 3 rings (SSSR count). The molecule has 1 aliphatic rings. The topological polar surface area (TPSA) is 61.4 Å². The molecule has 0 atom stereocenters. The molecule has 0 bridgehead atoms. The van der Waals surface area contributed by atoms with Gasteiger partial charge in [-0.05, 0) is 42.3 Å². The average Bonchev–Trinajstić information content (AvgIpc) is 3.02. The molecule has 154 valence electrons. The normalized spacial score (nSPS) is 13.8. The molecule has 0 aliphatic carbocycles. The molecule has 5 nitrogen and oxygen atoms in total. The second kappa shape index (κ2) is 7.42. The van der Waals surface area contributed by atoms with Gasteiger partial charge in [0.15, 0.2) is 0 Å². The number of amides is 3. The van der Waals surface area contributed by atoms with Gasteiger partial charge in [-0.1, -0.05) is 32.9 Å². The largest absolute Gasteiger partial charge is 0.416 e. The fourth-order valence-corrected chi connectivity index (χ4v) is 3.14. The Kier molecular flexibility index (Phi) is 5.30. The first-order chi connectivity index (χ1) is 13.4. The first-order valence-electron chi connectivity index (χ1n) is 9.15. The molecule has 29 heavy (non-hydrogen) atoms. The van der Waals surface area contributed by atoms with Crippen LogP contribution in [0.2, 0.25) is 0 Å². The average molecular weight is 405 g/mol. The van der Waals surface area contributed by atoms with Crippen LogP contribution in [0.1, 0.15) is 31.9 Å². The SMILES string of the molecule is CC(C)(C)C(=O)N1CCc2ccc(NC(=O)Nc3cccc(C(F)(F)F)c3)cc21. The van der Waals surface area contributed by atoms with E-state index in [2.05, 4.69) is 10.6 Å². The van der Waals surface area contributed by atoms with Crippen molar-refractivity contribution in [2.75, 3.05) is 22.1 Å². The van der Waals surface area contributed by atoms with Crippen LogP contribution in [0, 0.1) is 5.41 Å². The van der Waals surface area contributed by atoms with Crippen molar-refractivity contribution >= 4 is 29.0 Å². The molecule has 0 fully saturated rings. The summed E-state index contributed by atoms with van der Waals surface area (Å²) in [6, 6.07) is 8.98. The van der Waals surface area contributed by atoms with Gasteiger partial charge in [-0.2, -0.15) is 13.2 Å². The number of hydrogen-bond donors (Lipinski definition) is 2. The third kappa shape index (κ3) is 4.70. The van der Waals surface area contributed by atoms with Crippen LogP contribution < -0.4 is 15.5 Å². The minimum Gasteiger partial charge on any atom is -0.311 e. The van der Waals surface area contributed by atoms with Gasteiger partial charge in [0.05, 0.1) is 5.56 Å². The molecule has 0 saturated heterocycles. The van der Waals surface area contributed by atoms with E-state index in [1.54, 1.807) is 17.0 Å². The highest BCUT2D eigenvalue weighted by atomic mass is 19.4. The van der Waals surface area contributed by atoms with Crippen LogP contribution in [-0.4, -0.2) is 18.5 Å². The van der Waals surface area contributed by atoms with E-state index in [1.807, 2.05) is 26.8 Å². The fourth-order valence-electron chi connectivity index (χ4n) is 3.14. The minimum atomic E-state index is -4.49. The molecule has 8 heteroatoms. The Balaban J connectivity index is 1.74. The molecule has 0 aromatic heterocycles. The van der Waals surface area contributed by atoms with E-state index in [9.17, 15) is 22.8 Å². The Morgan fingerprint density at radius 1 is 0.966 bits per heavy atom. The summed E-state index contributed by atoms with van der Waals surface area (Å²) in [6.45, 7) is 6.11. The van der Waals surface area contributed by atoms with Crippen LogP contribution in [0.15, 0.2) is 42.5 Å². The number of carbonyl (C=O) groups excluding carboxylic acids is 2. The summed E-state index contributed by atoms with van der Waals surface area (Å²) >= 11 is 0. The first kappa shape index (κ1) is 20.7. The van der Waals surface area contributed by atoms with Gasteiger partial charge >= 0.3 is 12.2 Å². The van der Waals surface area contributed by atoms with E-state index in [0.717, 1.165) is 29.8 Å². The molecular formula is C21H22F3N3O2. The Labute approximate surface area is 166 Å². The van der Waals surface area contributed by atoms with E-state index in [4.69, 9.17) is 0 Å². The fraction of sp³-hybridized carbons (Fsp3) is 0.333. The van der Waals surface area contributed by atoms with E-state index < -0.39 is 23.2 Å². The van der Waals surface area contributed by atoms with Crippen molar-refractivity contribution in [1.29, 1.82) is 0 Å². The zero-order valence-electron chi connectivity index (χ0n) is 16.4. The lowest BCUT2D eigenvalue weighted by molar-refractivity contribution is -0.137. The maximum Gasteiger partial charge on any atom is 0.416 e. The monoisotopic (exact) mass is 405 g/mol. The molecule has 1 heterocycles.